The van der Waals surface area contributed by atoms with Crippen molar-refractivity contribution < 1.29 is 4.74 Å². The summed E-state index contributed by atoms with van der Waals surface area (Å²) in [5, 5.41) is 16.4. The predicted molar refractivity (Wildman–Crippen MR) is 81.8 cm³/mol. The number of nitrogens with two attached hydrogens (primary N) is 1. The van der Waals surface area contributed by atoms with Crippen molar-refractivity contribution in [3.05, 3.63) is 56.1 Å². The maximum atomic E-state index is 9.40. The molecule has 0 saturated heterocycles. The molecule has 20 heavy (non-hydrogen) atoms. The van der Waals surface area contributed by atoms with Gasteiger partial charge in [-0.15, -0.1) is 5.10 Å². The van der Waals surface area contributed by atoms with E-state index in [1.807, 2.05) is 31.2 Å². The van der Waals surface area contributed by atoms with Crippen LogP contribution in [0, 0.1) is 21.8 Å². The number of H-pyrrole nitrogens is 1. The molecule has 1 aliphatic heterocycles. The molecule has 0 saturated carbocycles. The molecule has 1 atom stereocenters. The molecule has 3 N–H and O–H groups in total. The Hall–Kier alpha value is -2.01. The first kappa shape index (κ1) is 13.0. The summed E-state index contributed by atoms with van der Waals surface area (Å²) >= 11 is 2.25. The highest BCUT2D eigenvalue weighted by molar-refractivity contribution is 14.1. The predicted octanol–water partition coefficient (Wildman–Crippen LogP) is 2.54. The number of fused-ring (bicyclic) bond motifs is 1. The Morgan fingerprint density at radius 2 is 2.10 bits per heavy atom. The molecule has 1 aromatic carbocycles. The van der Waals surface area contributed by atoms with Gasteiger partial charge >= 0.3 is 0 Å². The van der Waals surface area contributed by atoms with E-state index in [9.17, 15) is 5.26 Å². The Balaban J connectivity index is 2.22. The van der Waals surface area contributed by atoms with Gasteiger partial charge in [0.1, 0.15) is 11.6 Å². The van der Waals surface area contributed by atoms with Crippen LogP contribution in [0.1, 0.15) is 22.7 Å². The highest BCUT2D eigenvalue weighted by Crippen LogP contribution is 2.42. The van der Waals surface area contributed by atoms with Crippen LogP contribution in [0.15, 0.2) is 35.7 Å². The van der Waals surface area contributed by atoms with E-state index in [0.717, 1.165) is 20.4 Å². The maximum Gasteiger partial charge on any atom is 0.244 e. The van der Waals surface area contributed by atoms with Gasteiger partial charge in [-0.3, -0.25) is 5.10 Å². The lowest BCUT2D eigenvalue weighted by molar-refractivity contribution is 0.379. The van der Waals surface area contributed by atoms with Crippen molar-refractivity contribution in [2.75, 3.05) is 0 Å². The Labute approximate surface area is 129 Å². The zero-order valence-corrected chi connectivity index (χ0v) is 12.8. The lowest BCUT2D eigenvalue weighted by atomic mass is 9.84. The highest BCUT2D eigenvalue weighted by atomic mass is 127. The van der Waals surface area contributed by atoms with Gasteiger partial charge in [0.05, 0.1) is 5.92 Å². The monoisotopic (exact) mass is 378 g/mol. The number of nitrogens with one attached hydrogen (secondary N) is 1. The van der Waals surface area contributed by atoms with Gasteiger partial charge in [-0.1, -0.05) is 12.1 Å². The van der Waals surface area contributed by atoms with Crippen molar-refractivity contribution in [1.29, 1.82) is 5.26 Å². The summed E-state index contributed by atoms with van der Waals surface area (Å²) in [7, 11) is 0. The van der Waals surface area contributed by atoms with Crippen molar-refractivity contribution in [2.45, 2.75) is 12.8 Å². The summed E-state index contributed by atoms with van der Waals surface area (Å²) < 4.78 is 6.56. The standard InChI is InChI=1S/C14H11IN4O/c1-7-11-12(8-2-4-9(15)5-3-8)10(6-16)13(17)20-14(11)19-18-7/h2-5,12H,17H2,1H3,(H,18,19)/t12-/m1/s1. The zero-order chi connectivity index (χ0) is 14.3. The summed E-state index contributed by atoms with van der Waals surface area (Å²) in [6.07, 6.45) is 0. The van der Waals surface area contributed by atoms with E-state index >= 15 is 0 Å². The lowest BCUT2D eigenvalue weighted by Gasteiger charge is -2.23. The lowest BCUT2D eigenvalue weighted by Crippen LogP contribution is -2.21. The number of nitriles is 1. The van der Waals surface area contributed by atoms with Gasteiger partial charge in [-0.25, -0.2) is 0 Å². The minimum absolute atomic E-state index is 0.120. The van der Waals surface area contributed by atoms with E-state index in [1.54, 1.807) is 0 Å². The molecule has 0 bridgehead atoms. The number of allylic oxidation sites excluding steroid dienone is 1. The van der Waals surface area contributed by atoms with E-state index in [-0.39, 0.29) is 11.8 Å². The van der Waals surface area contributed by atoms with Crippen LogP contribution in [0.4, 0.5) is 0 Å². The minimum Gasteiger partial charge on any atom is -0.420 e. The third-order valence-electron chi connectivity index (χ3n) is 3.33. The van der Waals surface area contributed by atoms with Crippen LogP contribution in [0.3, 0.4) is 0 Å². The summed E-state index contributed by atoms with van der Waals surface area (Å²) in [5.74, 6) is 0.331. The molecule has 0 aliphatic carbocycles. The van der Waals surface area contributed by atoms with Crippen LogP contribution >= 0.6 is 22.6 Å². The highest BCUT2D eigenvalue weighted by Gasteiger charge is 2.33. The van der Waals surface area contributed by atoms with E-state index < -0.39 is 0 Å². The summed E-state index contributed by atoms with van der Waals surface area (Å²) in [4.78, 5) is 0. The largest absolute Gasteiger partial charge is 0.420 e. The van der Waals surface area contributed by atoms with Crippen molar-refractivity contribution in [3.8, 4) is 11.9 Å². The normalized spacial score (nSPS) is 17.4. The number of benzene rings is 1. The summed E-state index contributed by atoms with van der Waals surface area (Å²) in [6, 6.07) is 10.2. The van der Waals surface area contributed by atoms with Crippen molar-refractivity contribution >= 4 is 22.6 Å². The Kier molecular flexibility index (Phi) is 3.14. The van der Waals surface area contributed by atoms with E-state index in [4.69, 9.17) is 10.5 Å². The van der Waals surface area contributed by atoms with E-state index in [2.05, 4.69) is 38.9 Å². The second-order valence-corrected chi connectivity index (χ2v) is 5.79. The van der Waals surface area contributed by atoms with Gasteiger partial charge in [0, 0.05) is 14.8 Å². The summed E-state index contributed by atoms with van der Waals surface area (Å²) in [5.41, 5.74) is 9.02. The minimum atomic E-state index is -0.237. The van der Waals surface area contributed by atoms with E-state index in [1.165, 1.54) is 0 Å². The smallest absolute Gasteiger partial charge is 0.244 e. The molecule has 1 aromatic heterocycles. The molecule has 2 aromatic rings. The molecule has 0 amide bonds. The molecule has 0 fully saturated rings. The molecular weight excluding hydrogens is 367 g/mol. The molecule has 1 aliphatic rings. The van der Waals surface area contributed by atoms with Gasteiger partial charge in [0.2, 0.25) is 11.8 Å². The van der Waals surface area contributed by atoms with Crippen LogP contribution in [0.25, 0.3) is 0 Å². The average molecular weight is 378 g/mol. The fourth-order valence-corrected chi connectivity index (χ4v) is 2.75. The first-order chi connectivity index (χ1) is 9.61. The molecule has 0 radical (unpaired) electrons. The Morgan fingerprint density at radius 3 is 2.75 bits per heavy atom. The molecule has 6 heteroatoms. The molecule has 3 rings (SSSR count). The fourth-order valence-electron chi connectivity index (χ4n) is 2.39. The molecule has 5 nitrogen and oxygen atoms in total. The number of aryl methyl sites for hydroxylation is 1. The third-order valence-corrected chi connectivity index (χ3v) is 4.05. The Bertz CT molecular complexity index is 740. The van der Waals surface area contributed by atoms with Crippen LogP contribution in [0.2, 0.25) is 0 Å². The van der Waals surface area contributed by atoms with Crippen LogP contribution in [-0.4, -0.2) is 10.2 Å². The van der Waals surface area contributed by atoms with Gasteiger partial charge in [-0.05, 0) is 47.2 Å². The van der Waals surface area contributed by atoms with Gasteiger partial charge in [0.15, 0.2) is 0 Å². The second-order valence-electron chi connectivity index (χ2n) is 4.54. The number of aromatic amines is 1. The topological polar surface area (TPSA) is 87.7 Å². The molecule has 100 valence electrons. The van der Waals surface area contributed by atoms with Crippen LogP contribution in [-0.2, 0) is 0 Å². The van der Waals surface area contributed by atoms with Crippen LogP contribution in [0.5, 0.6) is 5.88 Å². The molecular formula is C14H11IN4O. The summed E-state index contributed by atoms with van der Waals surface area (Å²) in [6.45, 7) is 1.91. The van der Waals surface area contributed by atoms with E-state index in [0.29, 0.717) is 11.5 Å². The van der Waals surface area contributed by atoms with Crippen molar-refractivity contribution in [2.24, 2.45) is 5.73 Å². The SMILES string of the molecule is Cc1[nH]nc2c1[C@H](c1ccc(I)cc1)C(C#N)=C(N)O2. The first-order valence-electron chi connectivity index (χ1n) is 5.99. The van der Waals surface area contributed by atoms with Gasteiger partial charge in [0.25, 0.3) is 0 Å². The van der Waals surface area contributed by atoms with Crippen LogP contribution < -0.4 is 10.5 Å². The zero-order valence-electron chi connectivity index (χ0n) is 10.6. The van der Waals surface area contributed by atoms with Gasteiger partial charge in [-0.2, -0.15) is 5.26 Å². The number of nitrogens with zero attached hydrogens (tertiary/aromatic N) is 2. The number of hydrogen-bond acceptors (Lipinski definition) is 4. The maximum absolute atomic E-state index is 9.40. The number of aromatic nitrogens is 2. The first-order valence-corrected chi connectivity index (χ1v) is 7.07. The number of hydrogen-bond donors (Lipinski definition) is 2. The number of halogens is 1. The molecule has 0 unspecified atom stereocenters. The molecule has 0 spiro atoms. The third kappa shape index (κ3) is 1.94. The fraction of sp³-hybridized carbons (Fsp3) is 0.143. The number of rotatable bonds is 1. The quantitative estimate of drug-likeness (QED) is 0.747. The van der Waals surface area contributed by atoms with Gasteiger partial charge < -0.3 is 10.5 Å². The number of ether oxygens (including phenoxy) is 1. The average Bonchev–Trinajstić information content (AvgIpc) is 2.79. The Morgan fingerprint density at radius 1 is 1.40 bits per heavy atom. The van der Waals surface area contributed by atoms with Crippen molar-refractivity contribution in [1.82, 2.24) is 10.2 Å². The molecule has 2 heterocycles. The van der Waals surface area contributed by atoms with Crippen molar-refractivity contribution in [3.63, 3.8) is 0 Å². The second kappa shape index (κ2) is 4.83.